The lowest BCUT2D eigenvalue weighted by Gasteiger charge is -2.33. The van der Waals surface area contributed by atoms with Gasteiger partial charge in [0.1, 0.15) is 0 Å². The third-order valence-corrected chi connectivity index (χ3v) is 3.83. The molecule has 1 atom stereocenters. The van der Waals surface area contributed by atoms with Crippen molar-refractivity contribution in [2.75, 3.05) is 11.9 Å². The average Bonchev–Trinajstić information content (AvgIpc) is 2.40. The molecule has 1 heterocycles. The number of carbonyl (C=O) groups is 1. The summed E-state index contributed by atoms with van der Waals surface area (Å²) in [4.78, 5) is 13.7. The van der Waals surface area contributed by atoms with Gasteiger partial charge in [0.05, 0.1) is 11.3 Å². The number of nitrogens with one attached hydrogen (secondary N) is 1. The zero-order valence-electron chi connectivity index (χ0n) is 11.5. The molecule has 1 aliphatic heterocycles. The van der Waals surface area contributed by atoms with Crippen LogP contribution in [0.1, 0.15) is 31.7 Å². The number of amides is 2. The number of anilines is 1. The summed E-state index contributed by atoms with van der Waals surface area (Å²) in [5.74, 6) is 0. The molecule has 1 unspecified atom stereocenters. The molecule has 21 heavy (non-hydrogen) atoms. The van der Waals surface area contributed by atoms with E-state index in [0.717, 1.165) is 25.3 Å². The Kier molecular flexibility index (Phi) is 4.66. The molecule has 1 saturated heterocycles. The largest absolute Gasteiger partial charge is 0.418 e. The van der Waals surface area contributed by atoms with Crippen molar-refractivity contribution >= 4 is 23.3 Å². The van der Waals surface area contributed by atoms with Crippen LogP contribution < -0.4 is 5.32 Å². The molecule has 3 nitrogen and oxygen atoms in total. The maximum atomic E-state index is 13.0. The van der Waals surface area contributed by atoms with Crippen molar-refractivity contribution in [3.8, 4) is 0 Å². The van der Waals surface area contributed by atoms with E-state index in [-0.39, 0.29) is 16.8 Å². The second-order valence-electron chi connectivity index (χ2n) is 5.16. The highest BCUT2D eigenvalue weighted by molar-refractivity contribution is 6.30. The Hall–Kier alpha value is -1.43. The van der Waals surface area contributed by atoms with Crippen molar-refractivity contribution in [3.63, 3.8) is 0 Å². The lowest BCUT2D eigenvalue weighted by Crippen LogP contribution is -2.44. The van der Waals surface area contributed by atoms with Gasteiger partial charge in [0.15, 0.2) is 0 Å². The van der Waals surface area contributed by atoms with E-state index in [1.54, 1.807) is 4.90 Å². The van der Waals surface area contributed by atoms with Crippen molar-refractivity contribution < 1.29 is 18.0 Å². The van der Waals surface area contributed by atoms with Gasteiger partial charge in [0.25, 0.3) is 0 Å². The summed E-state index contributed by atoms with van der Waals surface area (Å²) in [5.41, 5.74) is -1.21. The maximum Gasteiger partial charge on any atom is 0.418 e. The Balaban J connectivity index is 2.21. The fourth-order valence-corrected chi connectivity index (χ4v) is 2.62. The first-order valence-corrected chi connectivity index (χ1v) is 7.11. The zero-order valence-corrected chi connectivity index (χ0v) is 12.3. The van der Waals surface area contributed by atoms with Crippen LogP contribution in [-0.4, -0.2) is 23.5 Å². The van der Waals surface area contributed by atoms with E-state index in [9.17, 15) is 18.0 Å². The molecule has 2 rings (SSSR count). The molecule has 2 amide bonds. The Morgan fingerprint density at radius 3 is 2.71 bits per heavy atom. The number of halogens is 4. The van der Waals surface area contributed by atoms with Crippen LogP contribution in [0, 0.1) is 0 Å². The Morgan fingerprint density at radius 2 is 2.10 bits per heavy atom. The monoisotopic (exact) mass is 320 g/mol. The summed E-state index contributed by atoms with van der Waals surface area (Å²) in [6, 6.07) is 2.84. The van der Waals surface area contributed by atoms with Crippen LogP contribution in [-0.2, 0) is 6.18 Å². The minimum absolute atomic E-state index is 0.0216. The topological polar surface area (TPSA) is 32.3 Å². The van der Waals surface area contributed by atoms with Crippen molar-refractivity contribution in [2.24, 2.45) is 0 Å². The standard InChI is InChI=1S/C14H16ClF3N2O/c1-9-4-2-3-7-20(9)13(21)19-12-6-5-10(15)8-11(12)14(16,17)18/h5-6,8-9H,2-4,7H2,1H3,(H,19,21). The van der Waals surface area contributed by atoms with Gasteiger partial charge in [-0.15, -0.1) is 0 Å². The van der Waals surface area contributed by atoms with Crippen LogP contribution >= 0.6 is 11.6 Å². The number of hydrogen-bond donors (Lipinski definition) is 1. The number of benzene rings is 1. The SMILES string of the molecule is CC1CCCCN1C(=O)Nc1ccc(Cl)cc1C(F)(F)F. The first-order valence-electron chi connectivity index (χ1n) is 6.73. The van der Waals surface area contributed by atoms with Gasteiger partial charge < -0.3 is 10.2 Å². The van der Waals surface area contributed by atoms with Crippen molar-refractivity contribution in [1.82, 2.24) is 4.90 Å². The van der Waals surface area contributed by atoms with E-state index in [1.807, 2.05) is 6.92 Å². The molecule has 1 aromatic carbocycles. The van der Waals surface area contributed by atoms with Gasteiger partial charge in [-0.3, -0.25) is 0 Å². The van der Waals surface area contributed by atoms with E-state index in [1.165, 1.54) is 12.1 Å². The van der Waals surface area contributed by atoms with E-state index in [2.05, 4.69) is 5.32 Å². The number of nitrogens with zero attached hydrogens (tertiary/aromatic N) is 1. The van der Waals surface area contributed by atoms with Crippen LogP contribution in [0.15, 0.2) is 18.2 Å². The minimum atomic E-state index is -4.57. The van der Waals surface area contributed by atoms with Crippen LogP contribution in [0.2, 0.25) is 5.02 Å². The Labute approximate surface area is 126 Å². The Bertz CT molecular complexity index is 533. The molecule has 116 valence electrons. The van der Waals surface area contributed by atoms with Crippen LogP contribution in [0.5, 0.6) is 0 Å². The molecule has 0 saturated carbocycles. The molecule has 0 aromatic heterocycles. The number of likely N-dealkylation sites (tertiary alicyclic amines) is 1. The van der Waals surface area contributed by atoms with Crippen molar-refractivity contribution in [3.05, 3.63) is 28.8 Å². The Morgan fingerprint density at radius 1 is 1.38 bits per heavy atom. The molecule has 0 spiro atoms. The normalized spacial score (nSPS) is 19.5. The highest BCUT2D eigenvalue weighted by Crippen LogP contribution is 2.36. The van der Waals surface area contributed by atoms with Crippen molar-refractivity contribution in [1.29, 1.82) is 0 Å². The highest BCUT2D eigenvalue weighted by atomic mass is 35.5. The summed E-state index contributed by atoms with van der Waals surface area (Å²) in [7, 11) is 0. The van der Waals surface area contributed by atoms with Gasteiger partial charge in [-0.1, -0.05) is 11.6 Å². The molecular weight excluding hydrogens is 305 g/mol. The van der Waals surface area contributed by atoms with Gasteiger partial charge >= 0.3 is 12.2 Å². The fourth-order valence-electron chi connectivity index (χ4n) is 2.45. The first kappa shape index (κ1) is 15.9. The molecular formula is C14H16ClF3N2O. The summed E-state index contributed by atoms with van der Waals surface area (Å²) < 4.78 is 38.9. The second kappa shape index (κ2) is 6.13. The van der Waals surface area contributed by atoms with Crippen molar-refractivity contribution in [2.45, 2.75) is 38.4 Å². The summed E-state index contributed by atoms with van der Waals surface area (Å²) >= 11 is 5.61. The molecule has 1 fully saturated rings. The van der Waals surface area contributed by atoms with Gasteiger partial charge in [0, 0.05) is 17.6 Å². The van der Waals surface area contributed by atoms with Gasteiger partial charge in [0.2, 0.25) is 0 Å². The number of hydrogen-bond acceptors (Lipinski definition) is 1. The molecule has 1 aromatic rings. The molecule has 0 bridgehead atoms. The number of carbonyl (C=O) groups excluding carboxylic acids is 1. The number of rotatable bonds is 1. The second-order valence-corrected chi connectivity index (χ2v) is 5.59. The van der Waals surface area contributed by atoms with Gasteiger partial charge in [-0.05, 0) is 44.4 Å². The predicted octanol–water partition coefficient (Wildman–Crippen LogP) is 4.77. The average molecular weight is 321 g/mol. The molecule has 0 radical (unpaired) electrons. The smallest absolute Gasteiger partial charge is 0.322 e. The third kappa shape index (κ3) is 3.81. The van der Waals surface area contributed by atoms with Gasteiger partial charge in [-0.2, -0.15) is 13.2 Å². The summed E-state index contributed by atoms with van der Waals surface area (Å²) in [6.07, 6.45) is -1.81. The molecule has 0 aliphatic carbocycles. The van der Waals surface area contributed by atoms with Crippen LogP contribution in [0.3, 0.4) is 0 Å². The predicted molar refractivity (Wildman–Crippen MR) is 75.5 cm³/mol. The number of piperidine rings is 1. The van der Waals surface area contributed by atoms with E-state index < -0.39 is 17.8 Å². The maximum absolute atomic E-state index is 13.0. The highest BCUT2D eigenvalue weighted by Gasteiger charge is 2.35. The molecule has 1 aliphatic rings. The zero-order chi connectivity index (χ0) is 15.6. The van der Waals surface area contributed by atoms with Gasteiger partial charge in [-0.25, -0.2) is 4.79 Å². The summed E-state index contributed by atoms with van der Waals surface area (Å²) in [5, 5.41) is 2.33. The fraction of sp³-hybridized carbons (Fsp3) is 0.500. The number of urea groups is 1. The van der Waals surface area contributed by atoms with E-state index in [0.29, 0.717) is 6.54 Å². The quantitative estimate of drug-likeness (QED) is 0.794. The lowest BCUT2D eigenvalue weighted by atomic mass is 10.0. The lowest BCUT2D eigenvalue weighted by molar-refractivity contribution is -0.136. The van der Waals surface area contributed by atoms with E-state index in [4.69, 9.17) is 11.6 Å². The summed E-state index contributed by atoms with van der Waals surface area (Å²) in [6.45, 7) is 2.45. The van der Waals surface area contributed by atoms with E-state index >= 15 is 0 Å². The van der Waals surface area contributed by atoms with Crippen LogP contribution in [0.25, 0.3) is 0 Å². The first-order chi connectivity index (χ1) is 9.79. The molecule has 1 N–H and O–H groups in total. The third-order valence-electron chi connectivity index (χ3n) is 3.59. The van der Waals surface area contributed by atoms with Crippen LogP contribution in [0.4, 0.5) is 23.7 Å². The minimum Gasteiger partial charge on any atom is -0.322 e. The number of alkyl halides is 3. The molecule has 7 heteroatoms.